The Balaban J connectivity index is 2.39. The lowest BCUT2D eigenvalue weighted by Gasteiger charge is -2.01. The van der Waals surface area contributed by atoms with Gasteiger partial charge in [0.25, 0.3) is 0 Å². The molecule has 1 saturated heterocycles. The SMILES string of the molecule is O=C(O)[C@@H]1CCC(F)N1. The number of nitrogens with one attached hydrogen (secondary N) is 1. The van der Waals surface area contributed by atoms with Crippen LogP contribution < -0.4 is 5.32 Å². The maximum absolute atomic E-state index is 12.2. The summed E-state index contributed by atoms with van der Waals surface area (Å²) in [6.07, 6.45) is -0.404. The quantitative estimate of drug-likeness (QED) is 0.499. The first-order valence-corrected chi connectivity index (χ1v) is 2.83. The first-order valence-electron chi connectivity index (χ1n) is 2.83. The molecule has 0 aromatic rings. The van der Waals surface area contributed by atoms with E-state index in [4.69, 9.17) is 5.11 Å². The third-order valence-corrected chi connectivity index (χ3v) is 1.39. The van der Waals surface area contributed by atoms with Gasteiger partial charge in [0.2, 0.25) is 0 Å². The van der Waals surface area contributed by atoms with Gasteiger partial charge < -0.3 is 5.11 Å². The van der Waals surface area contributed by atoms with E-state index in [9.17, 15) is 9.18 Å². The number of rotatable bonds is 1. The van der Waals surface area contributed by atoms with Crippen LogP contribution in [-0.4, -0.2) is 23.4 Å². The van der Waals surface area contributed by atoms with Crippen LogP contribution >= 0.6 is 0 Å². The van der Waals surface area contributed by atoms with Gasteiger partial charge in [-0.15, -0.1) is 0 Å². The number of halogens is 1. The van der Waals surface area contributed by atoms with Gasteiger partial charge in [-0.1, -0.05) is 0 Å². The van der Waals surface area contributed by atoms with Crippen molar-refractivity contribution in [1.82, 2.24) is 5.32 Å². The molecule has 0 amide bonds. The van der Waals surface area contributed by atoms with E-state index in [0.717, 1.165) is 0 Å². The summed E-state index contributed by atoms with van der Waals surface area (Å²) in [7, 11) is 0. The van der Waals surface area contributed by atoms with Gasteiger partial charge in [-0.05, 0) is 12.8 Å². The number of carboxylic acids is 1. The molecule has 0 spiro atoms. The van der Waals surface area contributed by atoms with Crippen LogP contribution in [0.25, 0.3) is 0 Å². The molecule has 2 atom stereocenters. The second-order valence-electron chi connectivity index (χ2n) is 2.10. The summed E-state index contributed by atoms with van der Waals surface area (Å²) >= 11 is 0. The van der Waals surface area contributed by atoms with Crippen molar-refractivity contribution >= 4 is 5.97 Å². The van der Waals surface area contributed by atoms with E-state index < -0.39 is 18.3 Å². The zero-order valence-electron chi connectivity index (χ0n) is 4.80. The van der Waals surface area contributed by atoms with E-state index in [2.05, 4.69) is 5.32 Å². The van der Waals surface area contributed by atoms with E-state index in [-0.39, 0.29) is 0 Å². The number of hydrogen-bond donors (Lipinski definition) is 2. The maximum atomic E-state index is 12.2. The van der Waals surface area contributed by atoms with Crippen molar-refractivity contribution in [2.24, 2.45) is 0 Å². The third-order valence-electron chi connectivity index (χ3n) is 1.39. The molecule has 1 unspecified atom stereocenters. The Morgan fingerprint density at radius 1 is 1.67 bits per heavy atom. The van der Waals surface area contributed by atoms with Crippen molar-refractivity contribution in [2.75, 3.05) is 0 Å². The molecule has 0 bridgehead atoms. The molecule has 2 N–H and O–H groups in total. The highest BCUT2D eigenvalue weighted by Crippen LogP contribution is 2.12. The van der Waals surface area contributed by atoms with Gasteiger partial charge in [0.15, 0.2) is 6.30 Å². The largest absolute Gasteiger partial charge is 0.480 e. The molecule has 0 saturated carbocycles. The molecule has 1 rings (SSSR count). The zero-order chi connectivity index (χ0) is 6.85. The Hall–Kier alpha value is -0.640. The summed E-state index contributed by atoms with van der Waals surface area (Å²) in [4.78, 5) is 10.1. The van der Waals surface area contributed by atoms with Gasteiger partial charge in [0.05, 0.1) is 0 Å². The predicted molar refractivity (Wildman–Crippen MR) is 28.7 cm³/mol. The number of aliphatic carboxylic acids is 1. The standard InChI is InChI=1S/C5H8FNO2/c6-4-2-1-3(7-4)5(8)9/h3-4,7H,1-2H2,(H,8,9)/t3-,4?/m0/s1. The molecule has 9 heavy (non-hydrogen) atoms. The highest BCUT2D eigenvalue weighted by molar-refractivity contribution is 5.73. The fourth-order valence-electron chi connectivity index (χ4n) is 0.893. The van der Waals surface area contributed by atoms with E-state index in [1.54, 1.807) is 0 Å². The number of carboxylic acid groups (broad SMARTS) is 1. The van der Waals surface area contributed by atoms with Crippen LogP contribution in [0, 0.1) is 0 Å². The first kappa shape index (κ1) is 6.48. The summed E-state index contributed by atoms with van der Waals surface area (Å²) in [6.45, 7) is 0. The molecule has 1 heterocycles. The summed E-state index contributed by atoms with van der Waals surface area (Å²) in [6, 6.07) is -0.667. The van der Waals surface area contributed by atoms with E-state index in [0.29, 0.717) is 12.8 Å². The van der Waals surface area contributed by atoms with Gasteiger partial charge in [-0.3, -0.25) is 10.1 Å². The number of hydrogen-bond acceptors (Lipinski definition) is 2. The second kappa shape index (κ2) is 2.31. The molecule has 0 aromatic carbocycles. The Kier molecular flexibility index (Phi) is 1.66. The van der Waals surface area contributed by atoms with Gasteiger partial charge >= 0.3 is 5.97 Å². The third kappa shape index (κ3) is 1.38. The number of carbonyl (C=O) groups is 1. The fraction of sp³-hybridized carbons (Fsp3) is 0.800. The van der Waals surface area contributed by atoms with Crippen LogP contribution in [0.4, 0.5) is 4.39 Å². The lowest BCUT2D eigenvalue weighted by atomic mass is 10.2. The minimum Gasteiger partial charge on any atom is -0.480 e. The maximum Gasteiger partial charge on any atom is 0.320 e. The van der Waals surface area contributed by atoms with Crippen molar-refractivity contribution in [3.05, 3.63) is 0 Å². The summed E-state index contributed by atoms with van der Waals surface area (Å²) in [5.74, 6) is -0.963. The minimum absolute atomic E-state index is 0.316. The molecule has 0 aliphatic carbocycles. The summed E-state index contributed by atoms with van der Waals surface area (Å²) < 4.78 is 12.2. The molecule has 3 nitrogen and oxygen atoms in total. The molecule has 1 aliphatic rings. The van der Waals surface area contributed by atoms with Crippen molar-refractivity contribution in [3.63, 3.8) is 0 Å². The van der Waals surface area contributed by atoms with Crippen LogP contribution in [-0.2, 0) is 4.79 Å². The Labute approximate surface area is 51.9 Å². The van der Waals surface area contributed by atoms with Gasteiger partial charge in [0.1, 0.15) is 6.04 Å². The number of alkyl halides is 1. The van der Waals surface area contributed by atoms with E-state index >= 15 is 0 Å². The predicted octanol–water partition coefficient (Wildman–Crippen LogP) is 0.119. The van der Waals surface area contributed by atoms with Crippen LogP contribution in [0.15, 0.2) is 0 Å². The lowest BCUT2D eigenvalue weighted by Crippen LogP contribution is -2.33. The average Bonchev–Trinajstić information content (AvgIpc) is 2.14. The van der Waals surface area contributed by atoms with Gasteiger partial charge in [-0.2, -0.15) is 0 Å². The molecular formula is C5H8FNO2. The molecule has 1 fully saturated rings. The summed E-state index contributed by atoms with van der Waals surface area (Å²) in [5, 5.41) is 10.6. The zero-order valence-corrected chi connectivity index (χ0v) is 4.80. The highest BCUT2D eigenvalue weighted by Gasteiger charge is 2.27. The van der Waals surface area contributed by atoms with Crippen LogP contribution in [0.5, 0.6) is 0 Å². The molecule has 4 heteroatoms. The van der Waals surface area contributed by atoms with E-state index in [1.807, 2.05) is 0 Å². The Bertz CT molecular complexity index is 128. The van der Waals surface area contributed by atoms with Crippen molar-refractivity contribution in [1.29, 1.82) is 0 Å². The second-order valence-corrected chi connectivity index (χ2v) is 2.10. The Morgan fingerprint density at radius 3 is 2.56 bits per heavy atom. The monoisotopic (exact) mass is 133 g/mol. The van der Waals surface area contributed by atoms with Crippen LogP contribution in [0.3, 0.4) is 0 Å². The smallest absolute Gasteiger partial charge is 0.320 e. The van der Waals surface area contributed by atoms with Crippen LogP contribution in [0.1, 0.15) is 12.8 Å². The van der Waals surface area contributed by atoms with Crippen molar-refractivity contribution in [3.8, 4) is 0 Å². The highest BCUT2D eigenvalue weighted by atomic mass is 19.1. The van der Waals surface area contributed by atoms with Gasteiger partial charge in [-0.25, -0.2) is 4.39 Å². The average molecular weight is 133 g/mol. The molecular weight excluding hydrogens is 125 g/mol. The minimum atomic E-state index is -1.12. The van der Waals surface area contributed by atoms with Crippen LogP contribution in [0.2, 0.25) is 0 Å². The van der Waals surface area contributed by atoms with Crippen molar-refractivity contribution < 1.29 is 14.3 Å². The van der Waals surface area contributed by atoms with E-state index in [1.165, 1.54) is 0 Å². The van der Waals surface area contributed by atoms with Crippen molar-refractivity contribution in [2.45, 2.75) is 25.2 Å². The first-order chi connectivity index (χ1) is 4.20. The molecule has 52 valence electrons. The fourth-order valence-corrected chi connectivity index (χ4v) is 0.893. The molecule has 0 aromatic heterocycles. The van der Waals surface area contributed by atoms with Gasteiger partial charge in [0, 0.05) is 0 Å². The molecule has 1 aliphatic heterocycles. The topological polar surface area (TPSA) is 49.3 Å². The Morgan fingerprint density at radius 2 is 2.33 bits per heavy atom. The molecule has 0 radical (unpaired) electrons. The lowest BCUT2D eigenvalue weighted by molar-refractivity contribution is -0.139. The summed E-state index contributed by atoms with van der Waals surface area (Å²) in [5.41, 5.74) is 0. The normalized spacial score (nSPS) is 34.8.